The average molecular weight is 306 g/mol. The van der Waals surface area contributed by atoms with Crippen LogP contribution in [0.4, 0.5) is 8.78 Å². The van der Waals surface area contributed by atoms with E-state index in [9.17, 15) is 8.78 Å². The first-order valence-electron chi connectivity index (χ1n) is 7.37. The summed E-state index contributed by atoms with van der Waals surface area (Å²) in [6.45, 7) is 2.63. The molecule has 0 unspecified atom stereocenters. The molecule has 0 N–H and O–H groups in total. The summed E-state index contributed by atoms with van der Waals surface area (Å²) < 4.78 is 34.4. The smallest absolute Gasteiger partial charge is 0.126 e. The summed E-state index contributed by atoms with van der Waals surface area (Å²) in [5.41, 5.74) is 1.62. The SMILES string of the molecule is Fc1cc(F)cc(CN2CC[C@@H]3OCc4cnnn4[C@@H]3C2)c1. The summed E-state index contributed by atoms with van der Waals surface area (Å²) in [6.07, 6.45) is 2.73. The molecule has 1 aromatic carbocycles. The predicted molar refractivity (Wildman–Crippen MR) is 73.9 cm³/mol. The molecule has 7 heteroatoms. The zero-order chi connectivity index (χ0) is 15.1. The van der Waals surface area contributed by atoms with Gasteiger partial charge in [0.15, 0.2) is 0 Å². The molecule has 2 aliphatic rings. The second kappa shape index (κ2) is 5.40. The molecule has 3 heterocycles. The van der Waals surface area contributed by atoms with Crippen LogP contribution in [0.3, 0.4) is 0 Å². The Morgan fingerprint density at radius 1 is 1.23 bits per heavy atom. The van der Waals surface area contributed by atoms with Gasteiger partial charge in [-0.25, -0.2) is 13.5 Å². The molecule has 1 aromatic heterocycles. The van der Waals surface area contributed by atoms with Crippen LogP contribution in [0, 0.1) is 11.6 Å². The zero-order valence-corrected chi connectivity index (χ0v) is 12.0. The van der Waals surface area contributed by atoms with E-state index in [4.69, 9.17) is 4.74 Å². The molecule has 2 atom stereocenters. The standard InChI is InChI=1S/C15H16F2N4O/c16-11-3-10(4-12(17)5-11)7-20-2-1-15-14(8-20)21-13(9-22-15)6-18-19-21/h3-6,14-15H,1-2,7-9H2/t14-,15+/m1/s1. The van der Waals surface area contributed by atoms with E-state index in [0.717, 1.165) is 31.3 Å². The molecule has 0 saturated carbocycles. The number of benzene rings is 1. The van der Waals surface area contributed by atoms with E-state index in [1.807, 2.05) is 4.68 Å². The van der Waals surface area contributed by atoms with Crippen molar-refractivity contribution < 1.29 is 13.5 Å². The molecule has 5 nitrogen and oxygen atoms in total. The molecular formula is C15H16F2N4O. The van der Waals surface area contributed by atoms with E-state index in [1.54, 1.807) is 6.20 Å². The van der Waals surface area contributed by atoms with E-state index < -0.39 is 11.6 Å². The van der Waals surface area contributed by atoms with Gasteiger partial charge < -0.3 is 4.74 Å². The molecule has 0 spiro atoms. The molecule has 0 bridgehead atoms. The van der Waals surface area contributed by atoms with E-state index >= 15 is 0 Å². The molecule has 22 heavy (non-hydrogen) atoms. The van der Waals surface area contributed by atoms with Gasteiger partial charge in [-0.15, -0.1) is 5.10 Å². The van der Waals surface area contributed by atoms with Crippen molar-refractivity contribution in [3.8, 4) is 0 Å². The number of halogens is 2. The van der Waals surface area contributed by atoms with Gasteiger partial charge in [-0.05, 0) is 24.1 Å². The molecule has 2 aliphatic heterocycles. The molecule has 0 aliphatic carbocycles. The zero-order valence-electron chi connectivity index (χ0n) is 12.0. The molecule has 1 saturated heterocycles. The summed E-state index contributed by atoms with van der Waals surface area (Å²) in [4.78, 5) is 2.18. The van der Waals surface area contributed by atoms with Crippen molar-refractivity contribution >= 4 is 0 Å². The van der Waals surface area contributed by atoms with Crippen LogP contribution in [0.15, 0.2) is 24.4 Å². The minimum absolute atomic E-state index is 0.110. The van der Waals surface area contributed by atoms with Gasteiger partial charge in [0.1, 0.15) is 11.6 Å². The summed E-state index contributed by atoms with van der Waals surface area (Å²) in [7, 11) is 0. The fourth-order valence-electron chi connectivity index (χ4n) is 3.35. The summed E-state index contributed by atoms with van der Waals surface area (Å²) >= 11 is 0. The van der Waals surface area contributed by atoms with Gasteiger partial charge in [0.25, 0.3) is 0 Å². The highest BCUT2D eigenvalue weighted by Crippen LogP contribution is 2.30. The molecule has 1 fully saturated rings. The maximum absolute atomic E-state index is 13.3. The Balaban J connectivity index is 1.52. The average Bonchev–Trinajstić information content (AvgIpc) is 2.95. The van der Waals surface area contributed by atoms with Gasteiger partial charge in [0, 0.05) is 25.7 Å². The molecule has 4 rings (SSSR count). The summed E-state index contributed by atoms with van der Waals surface area (Å²) in [5.74, 6) is -1.08. The number of hydrogen-bond donors (Lipinski definition) is 0. The van der Waals surface area contributed by atoms with Gasteiger partial charge in [-0.1, -0.05) is 5.21 Å². The largest absolute Gasteiger partial charge is 0.370 e. The predicted octanol–water partition coefficient (Wildman–Crippen LogP) is 1.90. The van der Waals surface area contributed by atoms with E-state index in [2.05, 4.69) is 15.2 Å². The van der Waals surface area contributed by atoms with E-state index in [-0.39, 0.29) is 12.1 Å². The Bertz CT molecular complexity index is 670. The van der Waals surface area contributed by atoms with Crippen LogP contribution in [0.2, 0.25) is 0 Å². The highest BCUT2D eigenvalue weighted by molar-refractivity contribution is 5.18. The topological polar surface area (TPSA) is 43.2 Å². The number of fused-ring (bicyclic) bond motifs is 3. The Hall–Kier alpha value is -1.86. The van der Waals surface area contributed by atoms with Gasteiger partial charge in [0.2, 0.25) is 0 Å². The lowest BCUT2D eigenvalue weighted by Crippen LogP contribution is -2.47. The van der Waals surface area contributed by atoms with Crippen molar-refractivity contribution in [2.75, 3.05) is 13.1 Å². The van der Waals surface area contributed by atoms with Crippen LogP contribution in [-0.2, 0) is 17.9 Å². The summed E-state index contributed by atoms with van der Waals surface area (Å²) in [5, 5.41) is 8.09. The monoisotopic (exact) mass is 306 g/mol. The Labute approximate surface area is 126 Å². The minimum atomic E-state index is -0.538. The first kappa shape index (κ1) is 13.8. The number of nitrogens with zero attached hydrogens (tertiary/aromatic N) is 4. The van der Waals surface area contributed by atoms with Crippen LogP contribution in [-0.4, -0.2) is 39.1 Å². The van der Waals surface area contributed by atoms with Crippen LogP contribution in [0.25, 0.3) is 0 Å². The number of hydrogen-bond acceptors (Lipinski definition) is 4. The van der Waals surface area contributed by atoms with Gasteiger partial charge in [-0.3, -0.25) is 4.90 Å². The molecule has 0 radical (unpaired) electrons. The second-order valence-electron chi connectivity index (χ2n) is 5.89. The summed E-state index contributed by atoms with van der Waals surface area (Å²) in [6, 6.07) is 3.77. The third-order valence-electron chi connectivity index (χ3n) is 4.34. The van der Waals surface area contributed by atoms with Crippen molar-refractivity contribution in [1.29, 1.82) is 0 Å². The highest BCUT2D eigenvalue weighted by Gasteiger charge is 2.36. The first-order chi connectivity index (χ1) is 10.7. The Morgan fingerprint density at radius 2 is 2.05 bits per heavy atom. The number of ether oxygens (including phenoxy) is 1. The fraction of sp³-hybridized carbons (Fsp3) is 0.467. The maximum Gasteiger partial charge on any atom is 0.126 e. The lowest BCUT2D eigenvalue weighted by molar-refractivity contribution is -0.0669. The van der Waals surface area contributed by atoms with Crippen LogP contribution >= 0.6 is 0 Å². The third kappa shape index (κ3) is 2.50. The molecule has 116 valence electrons. The van der Waals surface area contributed by atoms with Gasteiger partial charge >= 0.3 is 0 Å². The quantitative estimate of drug-likeness (QED) is 0.850. The molecule has 0 amide bonds. The maximum atomic E-state index is 13.3. The Kier molecular flexibility index (Phi) is 3.38. The third-order valence-corrected chi connectivity index (χ3v) is 4.34. The number of likely N-dealkylation sites (tertiary alicyclic amines) is 1. The van der Waals surface area contributed by atoms with Crippen molar-refractivity contribution in [2.45, 2.75) is 31.7 Å². The van der Waals surface area contributed by atoms with Crippen molar-refractivity contribution in [1.82, 2.24) is 19.9 Å². The van der Waals surface area contributed by atoms with Gasteiger partial charge in [-0.2, -0.15) is 0 Å². The van der Waals surface area contributed by atoms with Crippen LogP contribution < -0.4 is 0 Å². The first-order valence-corrected chi connectivity index (χ1v) is 7.37. The van der Waals surface area contributed by atoms with Gasteiger partial charge in [0.05, 0.1) is 30.6 Å². The highest BCUT2D eigenvalue weighted by atomic mass is 19.1. The van der Waals surface area contributed by atoms with Crippen LogP contribution in [0.5, 0.6) is 0 Å². The molecular weight excluding hydrogens is 290 g/mol. The second-order valence-corrected chi connectivity index (χ2v) is 5.89. The number of rotatable bonds is 2. The lowest BCUT2D eigenvalue weighted by Gasteiger charge is -2.41. The van der Waals surface area contributed by atoms with Crippen molar-refractivity contribution in [3.05, 3.63) is 47.3 Å². The molecule has 2 aromatic rings. The minimum Gasteiger partial charge on any atom is -0.370 e. The lowest BCUT2D eigenvalue weighted by atomic mass is 10.00. The van der Waals surface area contributed by atoms with Crippen molar-refractivity contribution in [3.63, 3.8) is 0 Å². The van der Waals surface area contributed by atoms with Crippen molar-refractivity contribution in [2.24, 2.45) is 0 Å². The fourth-order valence-corrected chi connectivity index (χ4v) is 3.35. The Morgan fingerprint density at radius 3 is 2.86 bits per heavy atom. The normalized spacial score (nSPS) is 24.8. The number of piperidine rings is 1. The van der Waals surface area contributed by atoms with E-state index in [1.165, 1.54) is 12.1 Å². The number of aromatic nitrogens is 3. The van der Waals surface area contributed by atoms with E-state index in [0.29, 0.717) is 18.7 Å². The van der Waals surface area contributed by atoms with Crippen LogP contribution in [0.1, 0.15) is 23.7 Å².